The Morgan fingerprint density at radius 2 is 2.11 bits per heavy atom. The van der Waals surface area contributed by atoms with Gasteiger partial charge in [-0.1, -0.05) is 18.6 Å². The van der Waals surface area contributed by atoms with Crippen LogP contribution in [0.25, 0.3) is 0 Å². The number of hydrogen-bond acceptors (Lipinski definition) is 2. The van der Waals surface area contributed by atoms with E-state index in [1.807, 2.05) is 36.0 Å². The predicted molar refractivity (Wildman–Crippen MR) is 78.4 cm³/mol. The van der Waals surface area contributed by atoms with Crippen molar-refractivity contribution in [2.45, 2.75) is 30.4 Å². The van der Waals surface area contributed by atoms with Crippen molar-refractivity contribution in [3.05, 3.63) is 35.4 Å². The van der Waals surface area contributed by atoms with Crippen LogP contribution in [0.5, 0.6) is 0 Å². The van der Waals surface area contributed by atoms with Crippen molar-refractivity contribution in [3.8, 4) is 0 Å². The maximum absolute atomic E-state index is 11.9. The molecule has 1 saturated heterocycles. The first-order valence-corrected chi connectivity index (χ1v) is 7.92. The van der Waals surface area contributed by atoms with Crippen LogP contribution in [0.3, 0.4) is 0 Å². The van der Waals surface area contributed by atoms with Crippen molar-refractivity contribution < 1.29 is 4.79 Å². The summed E-state index contributed by atoms with van der Waals surface area (Å²) >= 11 is 7.69. The molecule has 0 bridgehead atoms. The van der Waals surface area contributed by atoms with E-state index >= 15 is 0 Å². The van der Waals surface area contributed by atoms with E-state index in [2.05, 4.69) is 5.32 Å². The third-order valence-electron chi connectivity index (χ3n) is 3.13. The summed E-state index contributed by atoms with van der Waals surface area (Å²) in [6, 6.07) is 7.47. The number of benzene rings is 1. The normalized spacial score (nSPS) is 19.5. The second-order valence-electron chi connectivity index (χ2n) is 4.53. The lowest BCUT2D eigenvalue weighted by molar-refractivity contribution is 0.0953. The van der Waals surface area contributed by atoms with Gasteiger partial charge in [0, 0.05) is 23.2 Å². The van der Waals surface area contributed by atoms with Crippen LogP contribution in [0.2, 0.25) is 0 Å². The first-order valence-electron chi connectivity index (χ1n) is 6.34. The molecule has 0 spiro atoms. The Morgan fingerprint density at radius 3 is 2.72 bits per heavy atom. The van der Waals surface area contributed by atoms with Crippen LogP contribution in [0.15, 0.2) is 24.3 Å². The van der Waals surface area contributed by atoms with Crippen LogP contribution < -0.4 is 5.32 Å². The molecular formula is C14H18ClNOS. The van der Waals surface area contributed by atoms with E-state index in [4.69, 9.17) is 11.6 Å². The topological polar surface area (TPSA) is 29.1 Å². The molecule has 1 heterocycles. The summed E-state index contributed by atoms with van der Waals surface area (Å²) in [4.78, 5) is 11.9. The maximum Gasteiger partial charge on any atom is 0.251 e. The van der Waals surface area contributed by atoms with Gasteiger partial charge >= 0.3 is 0 Å². The monoisotopic (exact) mass is 283 g/mol. The van der Waals surface area contributed by atoms with E-state index < -0.39 is 0 Å². The number of hydrogen-bond donors (Lipinski definition) is 1. The highest BCUT2D eigenvalue weighted by Crippen LogP contribution is 2.24. The minimum absolute atomic E-state index is 0.0160. The Kier molecular flexibility index (Phi) is 5.39. The van der Waals surface area contributed by atoms with Gasteiger partial charge in [0.1, 0.15) is 0 Å². The van der Waals surface area contributed by atoms with Gasteiger partial charge in [-0.05, 0) is 36.3 Å². The predicted octanol–water partition coefficient (Wildman–Crippen LogP) is 3.44. The molecule has 0 saturated carbocycles. The van der Waals surface area contributed by atoms with Crippen molar-refractivity contribution in [3.63, 3.8) is 0 Å². The zero-order valence-corrected chi connectivity index (χ0v) is 11.9. The number of thioether (sulfide) groups is 1. The number of halogens is 1. The maximum atomic E-state index is 11.9. The lowest BCUT2D eigenvalue weighted by Gasteiger charge is -2.21. The smallest absolute Gasteiger partial charge is 0.251 e. The van der Waals surface area contributed by atoms with Gasteiger partial charge in [0.05, 0.1) is 0 Å². The third-order valence-corrected chi connectivity index (χ3v) is 4.84. The second kappa shape index (κ2) is 7.05. The molecule has 98 valence electrons. The highest BCUT2D eigenvalue weighted by molar-refractivity contribution is 7.99. The van der Waals surface area contributed by atoms with Gasteiger partial charge in [-0.25, -0.2) is 0 Å². The molecule has 4 heteroatoms. The Labute approximate surface area is 117 Å². The van der Waals surface area contributed by atoms with E-state index in [0.29, 0.717) is 16.7 Å². The molecule has 1 fully saturated rings. The molecule has 1 atom stereocenters. The first-order chi connectivity index (χ1) is 8.79. The van der Waals surface area contributed by atoms with Crippen LogP contribution in [-0.4, -0.2) is 23.5 Å². The van der Waals surface area contributed by atoms with Crippen LogP contribution >= 0.6 is 23.4 Å². The highest BCUT2D eigenvalue weighted by atomic mass is 35.5. The summed E-state index contributed by atoms with van der Waals surface area (Å²) in [7, 11) is 0. The minimum atomic E-state index is 0.0160. The number of nitrogens with one attached hydrogen (secondary N) is 1. The fourth-order valence-corrected chi connectivity index (χ4v) is 3.44. The summed E-state index contributed by atoms with van der Waals surface area (Å²) in [5, 5.41) is 3.60. The molecule has 0 aliphatic carbocycles. The summed E-state index contributed by atoms with van der Waals surface area (Å²) in [5.41, 5.74) is 1.75. The van der Waals surface area contributed by atoms with E-state index in [1.165, 1.54) is 25.0 Å². The van der Waals surface area contributed by atoms with Crippen molar-refractivity contribution >= 4 is 29.3 Å². The molecule has 1 aliphatic heterocycles. The second-order valence-corrected chi connectivity index (χ2v) is 6.20. The van der Waals surface area contributed by atoms with Crippen molar-refractivity contribution in [2.24, 2.45) is 0 Å². The highest BCUT2D eigenvalue weighted by Gasteiger charge is 2.15. The van der Waals surface area contributed by atoms with Crippen LogP contribution in [0.4, 0.5) is 0 Å². The SMILES string of the molecule is O=C(NCC1CCCCS1)c1ccc(CCl)cc1. The largest absolute Gasteiger partial charge is 0.351 e. The van der Waals surface area contributed by atoms with Gasteiger partial charge in [-0.2, -0.15) is 11.8 Å². The Balaban J connectivity index is 1.82. The minimum Gasteiger partial charge on any atom is -0.351 e. The molecule has 18 heavy (non-hydrogen) atoms. The quantitative estimate of drug-likeness (QED) is 0.858. The van der Waals surface area contributed by atoms with E-state index in [1.54, 1.807) is 0 Å². The summed E-state index contributed by atoms with van der Waals surface area (Å²) in [6.45, 7) is 0.779. The number of carbonyl (C=O) groups is 1. The molecule has 1 aromatic carbocycles. The van der Waals surface area contributed by atoms with Crippen molar-refractivity contribution in [2.75, 3.05) is 12.3 Å². The molecule has 0 radical (unpaired) electrons. The number of rotatable bonds is 4. The van der Waals surface area contributed by atoms with Gasteiger partial charge in [0.2, 0.25) is 0 Å². The van der Waals surface area contributed by atoms with Crippen LogP contribution in [0, 0.1) is 0 Å². The fourth-order valence-electron chi connectivity index (χ4n) is 2.02. The number of amides is 1. The van der Waals surface area contributed by atoms with Gasteiger partial charge in [-0.15, -0.1) is 11.6 Å². The first kappa shape index (κ1) is 13.8. The molecule has 1 N–H and O–H groups in total. The summed E-state index contributed by atoms with van der Waals surface area (Å²) < 4.78 is 0. The van der Waals surface area contributed by atoms with Crippen molar-refractivity contribution in [1.82, 2.24) is 5.32 Å². The van der Waals surface area contributed by atoms with Gasteiger partial charge in [0.25, 0.3) is 5.91 Å². The molecule has 1 unspecified atom stereocenters. The van der Waals surface area contributed by atoms with Gasteiger partial charge in [-0.3, -0.25) is 4.79 Å². The zero-order chi connectivity index (χ0) is 12.8. The Morgan fingerprint density at radius 1 is 1.33 bits per heavy atom. The Hall–Kier alpha value is -0.670. The summed E-state index contributed by atoms with van der Waals surface area (Å²) in [6.07, 6.45) is 3.82. The lowest BCUT2D eigenvalue weighted by Crippen LogP contribution is -2.31. The molecule has 1 aromatic rings. The molecular weight excluding hydrogens is 266 g/mol. The van der Waals surface area contributed by atoms with Crippen molar-refractivity contribution in [1.29, 1.82) is 0 Å². The zero-order valence-electron chi connectivity index (χ0n) is 10.3. The molecule has 1 amide bonds. The van der Waals surface area contributed by atoms with Crippen LogP contribution in [0.1, 0.15) is 35.2 Å². The Bertz CT molecular complexity index is 387. The number of carbonyl (C=O) groups excluding carboxylic acids is 1. The van der Waals surface area contributed by atoms with Gasteiger partial charge < -0.3 is 5.32 Å². The van der Waals surface area contributed by atoms with Crippen LogP contribution in [-0.2, 0) is 5.88 Å². The fraction of sp³-hybridized carbons (Fsp3) is 0.500. The lowest BCUT2D eigenvalue weighted by atomic mass is 10.1. The molecule has 2 rings (SSSR count). The number of alkyl halides is 1. The average Bonchev–Trinajstić information content (AvgIpc) is 2.46. The molecule has 2 nitrogen and oxygen atoms in total. The van der Waals surface area contributed by atoms with E-state index in [-0.39, 0.29) is 5.91 Å². The molecule has 1 aliphatic rings. The van der Waals surface area contributed by atoms with E-state index in [9.17, 15) is 4.79 Å². The summed E-state index contributed by atoms with van der Waals surface area (Å²) in [5.74, 6) is 1.73. The average molecular weight is 284 g/mol. The third kappa shape index (κ3) is 3.92. The molecule has 0 aromatic heterocycles. The van der Waals surface area contributed by atoms with Gasteiger partial charge in [0.15, 0.2) is 0 Å². The standard InChI is InChI=1S/C14H18ClNOS/c15-9-11-4-6-12(7-5-11)14(17)16-10-13-3-1-2-8-18-13/h4-7,13H,1-3,8-10H2,(H,16,17). The van der Waals surface area contributed by atoms with E-state index in [0.717, 1.165) is 12.1 Å².